The minimum Gasteiger partial charge on any atom is -0.0843 e. The Morgan fingerprint density at radius 3 is 2.24 bits per heavy atom. The van der Waals surface area contributed by atoms with Gasteiger partial charge in [-0.3, -0.25) is 0 Å². The minimum atomic E-state index is 0.128. The molecule has 0 spiro atoms. The second-order valence-electron chi connectivity index (χ2n) is 3.58. The Hall–Kier alpha value is 0.170. The molecule has 0 aliphatic heterocycles. The fourth-order valence-corrected chi connectivity index (χ4v) is 3.43. The smallest absolute Gasteiger partial charge is 0.0656 e. The van der Waals surface area contributed by atoms with Crippen LogP contribution in [0.1, 0.15) is 16.0 Å². The van der Waals surface area contributed by atoms with E-state index in [2.05, 4.69) is 59.9 Å². The Kier molecular flexibility index (Phi) is 4.70. The average molecular weight is 439 g/mol. The molecule has 0 radical (unpaired) electrons. The van der Waals surface area contributed by atoms with Crippen LogP contribution in [0, 0.1) is 0 Å². The van der Waals surface area contributed by atoms with Crippen LogP contribution in [0.2, 0.25) is 5.02 Å². The van der Waals surface area contributed by atoms with Gasteiger partial charge in [-0.1, -0.05) is 71.5 Å². The van der Waals surface area contributed by atoms with Crippen molar-refractivity contribution in [3.8, 4) is 0 Å². The molecule has 0 nitrogen and oxygen atoms in total. The molecule has 0 aliphatic carbocycles. The molecule has 88 valence electrons. The highest BCUT2D eigenvalue weighted by Crippen LogP contribution is 2.37. The predicted octanol–water partition coefficient (Wildman–Crippen LogP) is 6.35. The second kappa shape index (κ2) is 5.87. The maximum Gasteiger partial charge on any atom is 0.0656 e. The van der Waals surface area contributed by atoms with Crippen molar-refractivity contribution >= 4 is 59.4 Å². The maximum absolute atomic E-state index is 6.02. The lowest BCUT2D eigenvalue weighted by molar-refractivity contribution is 1.16. The van der Waals surface area contributed by atoms with Gasteiger partial charge in [0.15, 0.2) is 0 Å². The van der Waals surface area contributed by atoms with E-state index in [1.807, 2.05) is 30.3 Å². The summed E-state index contributed by atoms with van der Waals surface area (Å²) < 4.78 is 2.12. The number of alkyl halides is 1. The van der Waals surface area contributed by atoms with Gasteiger partial charge in [0.25, 0.3) is 0 Å². The van der Waals surface area contributed by atoms with Gasteiger partial charge in [0.1, 0.15) is 0 Å². The summed E-state index contributed by atoms with van der Waals surface area (Å²) in [6, 6.07) is 14.0. The van der Waals surface area contributed by atoms with E-state index in [0.717, 1.165) is 19.5 Å². The van der Waals surface area contributed by atoms with Crippen molar-refractivity contribution in [2.45, 2.75) is 4.83 Å². The number of benzene rings is 2. The van der Waals surface area contributed by atoms with Crippen molar-refractivity contribution in [2.75, 3.05) is 0 Å². The molecule has 0 N–H and O–H groups in total. The quantitative estimate of drug-likeness (QED) is 0.479. The normalized spacial score (nSPS) is 12.5. The molecule has 0 bridgehead atoms. The number of hydrogen-bond acceptors (Lipinski definition) is 0. The van der Waals surface area contributed by atoms with E-state index in [1.165, 1.54) is 5.56 Å². The second-order valence-corrected chi connectivity index (χ2v) is 6.70. The molecule has 17 heavy (non-hydrogen) atoms. The first-order valence-corrected chi connectivity index (χ1v) is 7.80. The lowest BCUT2D eigenvalue weighted by Crippen LogP contribution is -1.93. The van der Waals surface area contributed by atoms with Crippen molar-refractivity contribution in [1.82, 2.24) is 0 Å². The molecule has 2 aromatic carbocycles. The lowest BCUT2D eigenvalue weighted by atomic mass is 10.1. The molecule has 1 atom stereocenters. The summed E-state index contributed by atoms with van der Waals surface area (Å²) in [6.45, 7) is 0. The van der Waals surface area contributed by atoms with Crippen molar-refractivity contribution < 1.29 is 0 Å². The zero-order chi connectivity index (χ0) is 12.4. The first-order chi connectivity index (χ1) is 8.08. The van der Waals surface area contributed by atoms with Crippen LogP contribution in [0.3, 0.4) is 0 Å². The van der Waals surface area contributed by atoms with Crippen LogP contribution >= 0.6 is 59.4 Å². The average Bonchev–Trinajstić information content (AvgIpc) is 2.32. The van der Waals surface area contributed by atoms with Gasteiger partial charge in [0.2, 0.25) is 0 Å². The standard InChI is InChI=1S/C13H8Br3Cl/c14-9-3-1-8(2-4-9)13(16)11-7-10(17)5-6-12(11)15/h1-7,13H. The fraction of sp³-hybridized carbons (Fsp3) is 0.0769. The Morgan fingerprint density at radius 1 is 0.941 bits per heavy atom. The van der Waals surface area contributed by atoms with Crippen molar-refractivity contribution in [3.05, 3.63) is 67.6 Å². The van der Waals surface area contributed by atoms with Crippen LogP contribution in [-0.4, -0.2) is 0 Å². The van der Waals surface area contributed by atoms with E-state index in [-0.39, 0.29) is 4.83 Å². The van der Waals surface area contributed by atoms with E-state index < -0.39 is 0 Å². The first-order valence-electron chi connectivity index (χ1n) is 4.92. The fourth-order valence-electron chi connectivity index (χ4n) is 1.52. The number of halogens is 4. The summed E-state index contributed by atoms with van der Waals surface area (Å²) in [5.74, 6) is 0. The third-order valence-electron chi connectivity index (χ3n) is 2.39. The lowest BCUT2D eigenvalue weighted by Gasteiger charge is -2.13. The molecule has 0 fully saturated rings. The Balaban J connectivity index is 2.39. The van der Waals surface area contributed by atoms with Gasteiger partial charge in [0.05, 0.1) is 4.83 Å². The molecule has 0 aromatic heterocycles. The molecule has 2 aromatic rings. The van der Waals surface area contributed by atoms with Gasteiger partial charge in [-0.25, -0.2) is 0 Å². The molecule has 0 saturated heterocycles. The van der Waals surface area contributed by atoms with E-state index >= 15 is 0 Å². The molecular formula is C13H8Br3Cl. The summed E-state index contributed by atoms with van der Waals surface area (Å²) in [5, 5.41) is 0.741. The molecule has 0 aliphatic rings. The zero-order valence-electron chi connectivity index (χ0n) is 8.63. The Morgan fingerprint density at radius 2 is 1.59 bits per heavy atom. The summed E-state index contributed by atoms with van der Waals surface area (Å²) in [6.07, 6.45) is 0. The highest BCUT2D eigenvalue weighted by atomic mass is 79.9. The SMILES string of the molecule is Clc1ccc(Br)c(C(Br)c2ccc(Br)cc2)c1. The van der Waals surface area contributed by atoms with Gasteiger partial charge in [-0.05, 0) is 41.5 Å². The topological polar surface area (TPSA) is 0 Å². The van der Waals surface area contributed by atoms with Crippen LogP contribution in [0.5, 0.6) is 0 Å². The first kappa shape index (κ1) is 13.6. The van der Waals surface area contributed by atoms with E-state index in [0.29, 0.717) is 0 Å². The van der Waals surface area contributed by atoms with Crippen LogP contribution in [0.4, 0.5) is 0 Å². The molecule has 0 heterocycles. The van der Waals surface area contributed by atoms with Crippen molar-refractivity contribution in [2.24, 2.45) is 0 Å². The van der Waals surface area contributed by atoms with Gasteiger partial charge >= 0.3 is 0 Å². The minimum absolute atomic E-state index is 0.128. The predicted molar refractivity (Wildman–Crippen MR) is 84.1 cm³/mol. The van der Waals surface area contributed by atoms with E-state index in [9.17, 15) is 0 Å². The Labute approximate surface area is 131 Å². The molecule has 0 saturated carbocycles. The highest BCUT2D eigenvalue weighted by molar-refractivity contribution is 9.11. The van der Waals surface area contributed by atoms with Crippen molar-refractivity contribution in [1.29, 1.82) is 0 Å². The summed E-state index contributed by atoms with van der Waals surface area (Å²) in [4.78, 5) is 0.128. The number of rotatable bonds is 2. The van der Waals surface area contributed by atoms with Crippen LogP contribution in [-0.2, 0) is 0 Å². The third kappa shape index (κ3) is 3.34. The van der Waals surface area contributed by atoms with E-state index in [4.69, 9.17) is 11.6 Å². The monoisotopic (exact) mass is 436 g/mol. The Bertz CT molecular complexity index is 523. The number of hydrogen-bond donors (Lipinski definition) is 0. The maximum atomic E-state index is 6.02. The van der Waals surface area contributed by atoms with Gasteiger partial charge < -0.3 is 0 Å². The van der Waals surface area contributed by atoms with E-state index in [1.54, 1.807) is 0 Å². The van der Waals surface area contributed by atoms with Gasteiger partial charge in [0, 0.05) is 14.0 Å². The van der Waals surface area contributed by atoms with Crippen LogP contribution in [0.15, 0.2) is 51.4 Å². The summed E-state index contributed by atoms with van der Waals surface area (Å²) in [5.41, 5.74) is 2.32. The van der Waals surface area contributed by atoms with Crippen molar-refractivity contribution in [3.63, 3.8) is 0 Å². The molecule has 1 unspecified atom stereocenters. The molecule has 2 rings (SSSR count). The molecule has 0 amide bonds. The van der Waals surface area contributed by atoms with Gasteiger partial charge in [-0.2, -0.15) is 0 Å². The summed E-state index contributed by atoms with van der Waals surface area (Å²) >= 11 is 16.7. The van der Waals surface area contributed by atoms with Crippen LogP contribution in [0.25, 0.3) is 0 Å². The molecule has 4 heteroatoms. The molecular weight excluding hydrogens is 431 g/mol. The summed E-state index contributed by atoms with van der Waals surface area (Å²) in [7, 11) is 0. The van der Waals surface area contributed by atoms with Gasteiger partial charge in [-0.15, -0.1) is 0 Å². The van der Waals surface area contributed by atoms with Crippen LogP contribution < -0.4 is 0 Å². The third-order valence-corrected chi connectivity index (χ3v) is 4.90. The largest absolute Gasteiger partial charge is 0.0843 e. The highest BCUT2D eigenvalue weighted by Gasteiger charge is 2.13. The zero-order valence-corrected chi connectivity index (χ0v) is 14.1.